The minimum absolute atomic E-state index is 0.541. The fourth-order valence-electron chi connectivity index (χ4n) is 1.96. The van der Waals surface area contributed by atoms with Crippen LogP contribution in [0.1, 0.15) is 16.9 Å². The zero-order valence-electron chi connectivity index (χ0n) is 11.8. The van der Waals surface area contributed by atoms with Crippen LogP contribution < -0.4 is 10.6 Å². The summed E-state index contributed by atoms with van der Waals surface area (Å²) in [5.74, 6) is 0.842. The van der Waals surface area contributed by atoms with E-state index in [-0.39, 0.29) is 0 Å². The number of nitrogens with one attached hydrogen (secondary N) is 2. The highest BCUT2D eigenvalue weighted by atomic mass is 32.1. The summed E-state index contributed by atoms with van der Waals surface area (Å²) < 4.78 is 6.41. The van der Waals surface area contributed by atoms with E-state index < -0.39 is 0 Å². The Morgan fingerprint density at radius 3 is 2.90 bits per heavy atom. The minimum atomic E-state index is 0.541. The SMILES string of the molecule is Cc1cc2nc(NC(=S)NCc3ccco3)sc2cc1C. The van der Waals surface area contributed by atoms with Crippen LogP contribution in [0.25, 0.3) is 10.2 Å². The summed E-state index contributed by atoms with van der Waals surface area (Å²) in [7, 11) is 0. The van der Waals surface area contributed by atoms with Crippen molar-refractivity contribution in [3.05, 3.63) is 47.4 Å². The quantitative estimate of drug-likeness (QED) is 0.715. The van der Waals surface area contributed by atoms with E-state index >= 15 is 0 Å². The molecule has 4 nitrogen and oxygen atoms in total. The van der Waals surface area contributed by atoms with Gasteiger partial charge in [0.15, 0.2) is 10.2 Å². The molecule has 0 saturated carbocycles. The Balaban J connectivity index is 1.68. The maximum absolute atomic E-state index is 5.27. The van der Waals surface area contributed by atoms with Gasteiger partial charge in [0.1, 0.15) is 5.76 Å². The predicted molar refractivity (Wildman–Crippen MR) is 90.9 cm³/mol. The van der Waals surface area contributed by atoms with Crippen molar-refractivity contribution < 1.29 is 4.42 Å². The minimum Gasteiger partial charge on any atom is -0.467 e. The molecular formula is C15H15N3OS2. The van der Waals surface area contributed by atoms with Gasteiger partial charge in [-0.15, -0.1) is 0 Å². The fraction of sp³-hybridized carbons (Fsp3) is 0.200. The van der Waals surface area contributed by atoms with Crippen LogP contribution in [0, 0.1) is 13.8 Å². The van der Waals surface area contributed by atoms with Gasteiger partial charge in [-0.1, -0.05) is 11.3 Å². The van der Waals surface area contributed by atoms with E-state index in [0.717, 1.165) is 21.1 Å². The van der Waals surface area contributed by atoms with Crippen LogP contribution >= 0.6 is 23.6 Å². The number of hydrogen-bond acceptors (Lipinski definition) is 4. The molecule has 0 radical (unpaired) electrons. The highest BCUT2D eigenvalue weighted by Crippen LogP contribution is 2.28. The molecule has 0 aliphatic carbocycles. The van der Waals surface area contributed by atoms with E-state index in [1.54, 1.807) is 17.6 Å². The normalized spacial score (nSPS) is 10.8. The summed E-state index contributed by atoms with van der Waals surface area (Å²) in [6.07, 6.45) is 1.64. The number of hydrogen-bond donors (Lipinski definition) is 2. The predicted octanol–water partition coefficient (Wildman–Crippen LogP) is 3.99. The van der Waals surface area contributed by atoms with Crippen LogP contribution in [0.2, 0.25) is 0 Å². The molecule has 0 unspecified atom stereocenters. The van der Waals surface area contributed by atoms with Crippen molar-refractivity contribution in [3.8, 4) is 0 Å². The molecule has 2 aromatic heterocycles. The smallest absolute Gasteiger partial charge is 0.190 e. The molecule has 0 aliphatic heterocycles. The van der Waals surface area contributed by atoms with E-state index in [2.05, 4.69) is 41.6 Å². The first-order chi connectivity index (χ1) is 10.1. The molecule has 0 saturated heterocycles. The van der Waals surface area contributed by atoms with Crippen LogP contribution in [0.5, 0.6) is 0 Å². The average Bonchev–Trinajstić information content (AvgIpc) is 3.06. The molecule has 0 spiro atoms. The Morgan fingerprint density at radius 2 is 2.14 bits per heavy atom. The molecule has 3 rings (SSSR count). The molecule has 2 heterocycles. The Bertz CT molecular complexity index is 739. The summed E-state index contributed by atoms with van der Waals surface area (Å²) in [6, 6.07) is 8.02. The largest absolute Gasteiger partial charge is 0.467 e. The van der Waals surface area contributed by atoms with Crippen molar-refractivity contribution in [2.45, 2.75) is 20.4 Å². The summed E-state index contributed by atoms with van der Waals surface area (Å²) >= 11 is 6.87. The Hall–Kier alpha value is -1.92. The number of thiazole rings is 1. The number of thiocarbonyl (C=S) groups is 1. The van der Waals surface area contributed by atoms with Gasteiger partial charge in [0.2, 0.25) is 0 Å². The number of fused-ring (bicyclic) bond motifs is 1. The second kappa shape index (κ2) is 5.83. The molecule has 0 aliphatic rings. The second-order valence-corrected chi connectivity index (χ2v) is 6.25. The van der Waals surface area contributed by atoms with Crippen molar-refractivity contribution in [1.29, 1.82) is 0 Å². The first kappa shape index (κ1) is 14.0. The lowest BCUT2D eigenvalue weighted by Gasteiger charge is -2.06. The summed E-state index contributed by atoms with van der Waals surface area (Å²) in [6.45, 7) is 4.76. The number of benzene rings is 1. The third kappa shape index (κ3) is 3.22. The lowest BCUT2D eigenvalue weighted by molar-refractivity contribution is 0.503. The maximum atomic E-state index is 5.27. The van der Waals surface area contributed by atoms with Gasteiger partial charge in [-0.05, 0) is 61.5 Å². The molecule has 1 aromatic carbocycles. The van der Waals surface area contributed by atoms with E-state index in [1.165, 1.54) is 11.1 Å². The van der Waals surface area contributed by atoms with Crippen LogP contribution in [0.4, 0.5) is 5.13 Å². The van der Waals surface area contributed by atoms with Crippen molar-refractivity contribution in [3.63, 3.8) is 0 Å². The number of nitrogens with zero attached hydrogens (tertiary/aromatic N) is 1. The van der Waals surface area contributed by atoms with E-state index in [9.17, 15) is 0 Å². The molecule has 21 heavy (non-hydrogen) atoms. The molecule has 0 amide bonds. The van der Waals surface area contributed by atoms with E-state index in [1.807, 2.05) is 12.1 Å². The lowest BCUT2D eigenvalue weighted by atomic mass is 10.1. The number of aromatic nitrogens is 1. The van der Waals surface area contributed by atoms with Crippen LogP contribution in [-0.4, -0.2) is 10.1 Å². The van der Waals surface area contributed by atoms with Gasteiger partial charge in [0.25, 0.3) is 0 Å². The maximum Gasteiger partial charge on any atom is 0.190 e. The summed E-state index contributed by atoms with van der Waals surface area (Å²) in [4.78, 5) is 4.56. The number of anilines is 1. The van der Waals surface area contributed by atoms with Gasteiger partial charge < -0.3 is 15.1 Å². The Morgan fingerprint density at radius 1 is 1.33 bits per heavy atom. The van der Waals surface area contributed by atoms with Crippen molar-refractivity contribution in [2.24, 2.45) is 0 Å². The standard InChI is InChI=1S/C15H15N3OS2/c1-9-6-12-13(7-10(9)2)21-15(17-12)18-14(20)16-8-11-4-3-5-19-11/h3-7H,8H2,1-2H3,(H2,16,17,18,20). The Kier molecular flexibility index (Phi) is 3.90. The fourth-order valence-corrected chi connectivity index (χ4v) is 3.14. The zero-order valence-corrected chi connectivity index (χ0v) is 13.4. The topological polar surface area (TPSA) is 50.1 Å². The number of furan rings is 1. The van der Waals surface area contributed by atoms with Gasteiger partial charge in [0, 0.05) is 0 Å². The zero-order chi connectivity index (χ0) is 14.8. The molecule has 108 valence electrons. The van der Waals surface area contributed by atoms with E-state index in [4.69, 9.17) is 16.6 Å². The molecule has 6 heteroatoms. The molecule has 0 bridgehead atoms. The third-order valence-electron chi connectivity index (χ3n) is 3.23. The highest BCUT2D eigenvalue weighted by molar-refractivity contribution is 7.80. The van der Waals surface area contributed by atoms with Crippen LogP contribution in [0.15, 0.2) is 34.9 Å². The highest BCUT2D eigenvalue weighted by Gasteiger charge is 2.07. The van der Waals surface area contributed by atoms with Gasteiger partial charge in [-0.3, -0.25) is 0 Å². The summed E-state index contributed by atoms with van der Waals surface area (Å²) in [5.41, 5.74) is 3.52. The van der Waals surface area contributed by atoms with E-state index in [0.29, 0.717) is 11.7 Å². The van der Waals surface area contributed by atoms with Gasteiger partial charge in [-0.25, -0.2) is 4.98 Å². The number of rotatable bonds is 3. The molecule has 0 atom stereocenters. The monoisotopic (exact) mass is 317 g/mol. The van der Waals surface area contributed by atoms with Gasteiger partial charge in [0.05, 0.1) is 23.0 Å². The van der Waals surface area contributed by atoms with Crippen LogP contribution in [0.3, 0.4) is 0 Å². The second-order valence-electron chi connectivity index (χ2n) is 4.81. The molecular weight excluding hydrogens is 302 g/mol. The van der Waals surface area contributed by atoms with Crippen molar-refractivity contribution in [2.75, 3.05) is 5.32 Å². The van der Waals surface area contributed by atoms with Gasteiger partial charge >= 0.3 is 0 Å². The Labute approximate surface area is 132 Å². The molecule has 2 N–H and O–H groups in total. The third-order valence-corrected chi connectivity index (χ3v) is 4.41. The van der Waals surface area contributed by atoms with Gasteiger partial charge in [-0.2, -0.15) is 0 Å². The average molecular weight is 317 g/mol. The first-order valence-electron chi connectivity index (χ1n) is 6.57. The van der Waals surface area contributed by atoms with Crippen molar-refractivity contribution in [1.82, 2.24) is 10.3 Å². The molecule has 3 aromatic rings. The summed E-state index contributed by atoms with van der Waals surface area (Å²) in [5, 5.41) is 7.55. The number of aryl methyl sites for hydroxylation is 2. The van der Waals surface area contributed by atoms with Crippen molar-refractivity contribution >= 4 is 44.0 Å². The lowest BCUT2D eigenvalue weighted by Crippen LogP contribution is -2.27. The molecule has 0 fully saturated rings. The van der Waals surface area contributed by atoms with Crippen LogP contribution in [-0.2, 0) is 6.54 Å². The first-order valence-corrected chi connectivity index (χ1v) is 7.79.